The second-order valence-corrected chi connectivity index (χ2v) is 5.03. The number of carbonyl (C=O) groups excluding carboxylic acids is 3. The third-order valence-corrected chi connectivity index (χ3v) is 3.43. The van der Waals surface area contributed by atoms with Crippen molar-refractivity contribution in [2.75, 3.05) is 6.61 Å². The molecule has 0 amide bonds. The van der Waals surface area contributed by atoms with E-state index in [9.17, 15) is 14.4 Å². The smallest absolute Gasteiger partial charge is 0.317 e. The van der Waals surface area contributed by atoms with Crippen LogP contribution < -0.4 is 0 Å². The van der Waals surface area contributed by atoms with Crippen LogP contribution in [0.5, 0.6) is 0 Å². The monoisotopic (exact) mass is 310 g/mol. The number of hydrogen-bond donors (Lipinski definition) is 0. The van der Waals surface area contributed by atoms with Crippen molar-refractivity contribution in [3.05, 3.63) is 71.8 Å². The molecule has 0 fully saturated rings. The summed E-state index contributed by atoms with van der Waals surface area (Å²) in [5, 5.41) is 0. The van der Waals surface area contributed by atoms with Gasteiger partial charge >= 0.3 is 5.97 Å². The minimum Gasteiger partial charge on any atom is -0.465 e. The van der Waals surface area contributed by atoms with E-state index in [1.165, 1.54) is 0 Å². The van der Waals surface area contributed by atoms with Crippen molar-refractivity contribution in [2.45, 2.75) is 13.3 Å². The van der Waals surface area contributed by atoms with Gasteiger partial charge < -0.3 is 4.74 Å². The van der Waals surface area contributed by atoms with E-state index < -0.39 is 17.7 Å². The van der Waals surface area contributed by atoms with Gasteiger partial charge in [0.1, 0.15) is 5.92 Å². The largest absolute Gasteiger partial charge is 0.465 e. The summed E-state index contributed by atoms with van der Waals surface area (Å²) in [6.07, 6.45) is -0.198. The number of hydrogen-bond acceptors (Lipinski definition) is 4. The molecule has 23 heavy (non-hydrogen) atoms. The number of Topliss-reactive ketones (excluding diaryl/α,β-unsaturated/α-hetero) is 2. The third-order valence-electron chi connectivity index (χ3n) is 3.43. The number of rotatable bonds is 7. The molecule has 0 radical (unpaired) electrons. The lowest BCUT2D eigenvalue weighted by Crippen LogP contribution is -2.29. The number of ketones is 2. The average Bonchev–Trinajstić information content (AvgIpc) is 2.60. The van der Waals surface area contributed by atoms with E-state index in [-0.39, 0.29) is 18.8 Å². The van der Waals surface area contributed by atoms with Crippen LogP contribution in [-0.2, 0) is 9.53 Å². The minimum absolute atomic E-state index is 0.164. The Bertz CT molecular complexity index is 677. The minimum atomic E-state index is -1.12. The van der Waals surface area contributed by atoms with Crippen molar-refractivity contribution < 1.29 is 19.1 Å². The molecule has 0 aromatic heterocycles. The Morgan fingerprint density at radius 1 is 0.870 bits per heavy atom. The van der Waals surface area contributed by atoms with Gasteiger partial charge in [0.15, 0.2) is 11.6 Å². The van der Waals surface area contributed by atoms with Gasteiger partial charge in [-0.05, 0) is 6.92 Å². The summed E-state index contributed by atoms with van der Waals surface area (Å²) >= 11 is 0. The second-order valence-electron chi connectivity index (χ2n) is 5.03. The molecular formula is C19H18O4. The first-order valence-electron chi connectivity index (χ1n) is 7.47. The van der Waals surface area contributed by atoms with E-state index in [1.807, 2.05) is 0 Å². The van der Waals surface area contributed by atoms with Gasteiger partial charge in [-0.25, -0.2) is 0 Å². The number of ether oxygens (including phenoxy) is 1. The molecule has 2 rings (SSSR count). The number of esters is 1. The van der Waals surface area contributed by atoms with Crippen molar-refractivity contribution in [3.63, 3.8) is 0 Å². The molecule has 0 saturated carbocycles. The van der Waals surface area contributed by atoms with Gasteiger partial charge in [0.05, 0.1) is 6.61 Å². The zero-order valence-electron chi connectivity index (χ0n) is 12.9. The van der Waals surface area contributed by atoms with Crippen molar-refractivity contribution in [1.82, 2.24) is 0 Å². The first-order valence-corrected chi connectivity index (χ1v) is 7.47. The Hall–Kier alpha value is -2.75. The Morgan fingerprint density at radius 3 is 1.91 bits per heavy atom. The maximum absolute atomic E-state index is 12.6. The van der Waals surface area contributed by atoms with Crippen LogP contribution in [0, 0.1) is 5.92 Å². The molecule has 0 N–H and O–H groups in total. The van der Waals surface area contributed by atoms with Crippen molar-refractivity contribution in [3.8, 4) is 0 Å². The molecule has 4 nitrogen and oxygen atoms in total. The molecule has 0 spiro atoms. The molecule has 0 saturated heterocycles. The average molecular weight is 310 g/mol. The third kappa shape index (κ3) is 4.36. The first kappa shape index (κ1) is 16.6. The summed E-state index contributed by atoms with van der Waals surface area (Å²) in [4.78, 5) is 37.0. The SMILES string of the molecule is CCOC(=O)[C@@H](CC(=O)c1ccccc1)C(=O)c1ccccc1. The van der Waals surface area contributed by atoms with E-state index in [1.54, 1.807) is 67.6 Å². The molecule has 4 heteroatoms. The summed E-state index contributed by atoms with van der Waals surface area (Å²) in [7, 11) is 0. The van der Waals surface area contributed by atoms with Crippen LogP contribution >= 0.6 is 0 Å². The van der Waals surface area contributed by atoms with Crippen LogP contribution in [-0.4, -0.2) is 24.1 Å². The van der Waals surface area contributed by atoms with Crippen LogP contribution in [0.1, 0.15) is 34.1 Å². The van der Waals surface area contributed by atoms with E-state index in [0.717, 1.165) is 0 Å². The van der Waals surface area contributed by atoms with Crippen LogP contribution in [0.15, 0.2) is 60.7 Å². The Kier molecular flexibility index (Phi) is 5.80. The van der Waals surface area contributed by atoms with E-state index in [2.05, 4.69) is 0 Å². The van der Waals surface area contributed by atoms with Crippen LogP contribution in [0.25, 0.3) is 0 Å². The zero-order valence-corrected chi connectivity index (χ0v) is 12.9. The molecule has 0 aliphatic carbocycles. The van der Waals surface area contributed by atoms with Gasteiger partial charge in [0, 0.05) is 17.5 Å². The molecule has 0 unspecified atom stereocenters. The Morgan fingerprint density at radius 2 is 1.39 bits per heavy atom. The molecular weight excluding hydrogens is 292 g/mol. The predicted molar refractivity (Wildman–Crippen MR) is 86.3 cm³/mol. The Balaban J connectivity index is 2.23. The van der Waals surface area contributed by atoms with Crippen molar-refractivity contribution in [2.24, 2.45) is 5.92 Å². The van der Waals surface area contributed by atoms with Gasteiger partial charge in [-0.15, -0.1) is 0 Å². The maximum atomic E-state index is 12.6. The lowest BCUT2D eigenvalue weighted by Gasteiger charge is -2.14. The maximum Gasteiger partial charge on any atom is 0.317 e. The summed E-state index contributed by atoms with van der Waals surface area (Å²) in [6.45, 7) is 1.83. The molecule has 118 valence electrons. The number of benzene rings is 2. The summed E-state index contributed by atoms with van der Waals surface area (Å²) < 4.78 is 4.97. The summed E-state index contributed by atoms with van der Waals surface area (Å²) in [6, 6.07) is 17.1. The standard InChI is InChI=1S/C19H18O4/c1-2-23-19(22)16(18(21)15-11-7-4-8-12-15)13-17(20)14-9-5-3-6-10-14/h3-12,16H,2,13H2,1H3/t16-/m0/s1. The highest BCUT2D eigenvalue weighted by molar-refractivity contribution is 6.12. The molecule has 2 aromatic rings. The lowest BCUT2D eigenvalue weighted by atomic mass is 9.91. The normalized spacial score (nSPS) is 11.5. The zero-order chi connectivity index (χ0) is 16.7. The highest BCUT2D eigenvalue weighted by Crippen LogP contribution is 2.18. The van der Waals surface area contributed by atoms with Gasteiger partial charge in [-0.2, -0.15) is 0 Å². The predicted octanol–water partition coefficient (Wildman–Crippen LogP) is 3.32. The van der Waals surface area contributed by atoms with Crippen molar-refractivity contribution >= 4 is 17.5 Å². The van der Waals surface area contributed by atoms with Crippen LogP contribution in [0.3, 0.4) is 0 Å². The highest BCUT2D eigenvalue weighted by Gasteiger charge is 2.31. The van der Waals surface area contributed by atoms with Gasteiger partial charge in [-0.3, -0.25) is 14.4 Å². The molecule has 2 aromatic carbocycles. The van der Waals surface area contributed by atoms with Gasteiger partial charge in [0.25, 0.3) is 0 Å². The van der Waals surface area contributed by atoms with E-state index >= 15 is 0 Å². The van der Waals surface area contributed by atoms with Gasteiger partial charge in [-0.1, -0.05) is 60.7 Å². The molecule has 0 heterocycles. The van der Waals surface area contributed by atoms with Crippen molar-refractivity contribution in [1.29, 1.82) is 0 Å². The van der Waals surface area contributed by atoms with Crippen LogP contribution in [0.2, 0.25) is 0 Å². The van der Waals surface area contributed by atoms with E-state index in [4.69, 9.17) is 4.74 Å². The second kappa shape index (κ2) is 8.03. The molecule has 1 atom stereocenters. The topological polar surface area (TPSA) is 60.4 Å². The molecule has 0 aliphatic rings. The van der Waals surface area contributed by atoms with Gasteiger partial charge in [0.2, 0.25) is 0 Å². The van der Waals surface area contributed by atoms with Crippen LogP contribution in [0.4, 0.5) is 0 Å². The summed E-state index contributed by atoms with van der Waals surface area (Å²) in [5.41, 5.74) is 0.870. The lowest BCUT2D eigenvalue weighted by molar-refractivity contribution is -0.146. The fourth-order valence-electron chi connectivity index (χ4n) is 2.26. The molecule has 0 bridgehead atoms. The fourth-order valence-corrected chi connectivity index (χ4v) is 2.26. The molecule has 0 aliphatic heterocycles. The first-order chi connectivity index (χ1) is 11.1. The number of carbonyl (C=O) groups is 3. The Labute approximate surface area is 135 Å². The highest BCUT2D eigenvalue weighted by atomic mass is 16.5. The van der Waals surface area contributed by atoms with E-state index in [0.29, 0.717) is 11.1 Å². The summed E-state index contributed by atoms with van der Waals surface area (Å²) in [5.74, 6) is -2.43. The quantitative estimate of drug-likeness (QED) is 0.447. The fraction of sp³-hybridized carbons (Fsp3) is 0.211.